The maximum absolute atomic E-state index is 6.36. The molecule has 0 fully saturated rings. The molecule has 0 N–H and O–H groups in total. The number of hydrogen-bond donors (Lipinski definition) is 0. The summed E-state index contributed by atoms with van der Waals surface area (Å²) in [5, 5.41) is 0. The van der Waals surface area contributed by atoms with E-state index in [1.807, 2.05) is 24.3 Å². The summed E-state index contributed by atoms with van der Waals surface area (Å²) >= 11 is 7.14. The van der Waals surface area contributed by atoms with E-state index < -0.39 is 0 Å². The monoisotopic (exact) mass is 438 g/mol. The molecule has 2 rings (SSSR count). The molecule has 23 heavy (non-hydrogen) atoms. The van der Waals surface area contributed by atoms with Gasteiger partial charge in [-0.1, -0.05) is 73.4 Å². The van der Waals surface area contributed by atoms with Crippen LogP contribution in [-0.4, -0.2) is 0 Å². The summed E-state index contributed by atoms with van der Waals surface area (Å²) in [5.74, 6) is 1.82. The molecular weight excluding hydrogens is 416 g/mol. The average Bonchev–Trinajstić information content (AvgIpc) is 2.40. The molecule has 0 aliphatic rings. The molecule has 0 unspecified atom stereocenters. The highest BCUT2D eigenvalue weighted by molar-refractivity contribution is 9.10. The molecule has 0 aliphatic carbocycles. The van der Waals surface area contributed by atoms with Gasteiger partial charge in [0.25, 0.3) is 0 Å². The van der Waals surface area contributed by atoms with Crippen molar-refractivity contribution in [3.05, 3.63) is 56.5 Å². The zero-order valence-corrected chi connectivity index (χ0v) is 17.8. The first-order valence-electron chi connectivity index (χ1n) is 7.76. The highest BCUT2D eigenvalue weighted by Crippen LogP contribution is 2.40. The molecule has 0 atom stereocenters. The van der Waals surface area contributed by atoms with Crippen LogP contribution in [0.4, 0.5) is 0 Å². The van der Waals surface area contributed by atoms with Gasteiger partial charge in [0, 0.05) is 20.1 Å². The van der Waals surface area contributed by atoms with Crippen LogP contribution in [0.15, 0.2) is 45.3 Å². The molecule has 3 heteroatoms. The first-order chi connectivity index (χ1) is 10.5. The molecule has 0 spiro atoms. The fourth-order valence-electron chi connectivity index (χ4n) is 2.47. The Kier molecular flexibility index (Phi) is 5.32. The summed E-state index contributed by atoms with van der Waals surface area (Å²) in [5.41, 5.74) is 2.40. The topological polar surface area (TPSA) is 9.23 Å². The molecule has 0 amide bonds. The van der Waals surface area contributed by atoms with Crippen molar-refractivity contribution in [1.82, 2.24) is 0 Å². The Hall–Kier alpha value is -0.800. The predicted molar refractivity (Wildman–Crippen MR) is 106 cm³/mol. The van der Waals surface area contributed by atoms with E-state index in [0.29, 0.717) is 0 Å². The zero-order chi connectivity index (χ0) is 17.4. The summed E-state index contributed by atoms with van der Waals surface area (Å²) < 4.78 is 8.50. The molecule has 1 nitrogen and oxygen atoms in total. The summed E-state index contributed by atoms with van der Waals surface area (Å²) in [6.45, 7) is 13.2. The van der Waals surface area contributed by atoms with Crippen LogP contribution in [-0.2, 0) is 10.8 Å². The van der Waals surface area contributed by atoms with Crippen molar-refractivity contribution in [1.29, 1.82) is 0 Å². The van der Waals surface area contributed by atoms with Crippen LogP contribution >= 0.6 is 31.9 Å². The van der Waals surface area contributed by atoms with Gasteiger partial charge in [0.1, 0.15) is 11.5 Å². The van der Waals surface area contributed by atoms with E-state index in [-0.39, 0.29) is 10.8 Å². The Morgan fingerprint density at radius 1 is 0.652 bits per heavy atom. The second-order valence-corrected chi connectivity index (χ2v) is 9.71. The third-order valence-electron chi connectivity index (χ3n) is 3.72. The Morgan fingerprint density at radius 2 is 1.00 bits per heavy atom. The lowest BCUT2D eigenvalue weighted by Crippen LogP contribution is -2.15. The molecule has 0 saturated heterocycles. The number of benzene rings is 2. The van der Waals surface area contributed by atoms with Gasteiger partial charge < -0.3 is 4.74 Å². The Bertz CT molecular complexity index is 645. The lowest BCUT2D eigenvalue weighted by Gasteiger charge is -2.26. The van der Waals surface area contributed by atoms with Crippen molar-refractivity contribution in [3.63, 3.8) is 0 Å². The fourth-order valence-corrected chi connectivity index (χ4v) is 3.20. The van der Waals surface area contributed by atoms with Gasteiger partial charge in [-0.05, 0) is 47.2 Å². The van der Waals surface area contributed by atoms with Crippen molar-refractivity contribution < 1.29 is 4.74 Å². The van der Waals surface area contributed by atoms with Crippen molar-refractivity contribution in [3.8, 4) is 11.5 Å². The SMILES string of the molecule is CC(C)(C)c1cc(Br)ccc1Oc1ccc(Br)cc1C(C)(C)C. The van der Waals surface area contributed by atoms with Gasteiger partial charge in [-0.2, -0.15) is 0 Å². The van der Waals surface area contributed by atoms with Gasteiger partial charge in [-0.15, -0.1) is 0 Å². The maximum Gasteiger partial charge on any atom is 0.131 e. The summed E-state index contributed by atoms with van der Waals surface area (Å²) in [6.07, 6.45) is 0. The van der Waals surface area contributed by atoms with Crippen LogP contribution in [0.25, 0.3) is 0 Å². The van der Waals surface area contributed by atoms with Crippen molar-refractivity contribution in [2.24, 2.45) is 0 Å². The smallest absolute Gasteiger partial charge is 0.131 e. The predicted octanol–water partition coefficient (Wildman–Crippen LogP) is 7.60. The number of halogens is 2. The third kappa shape index (κ3) is 4.60. The average molecular weight is 440 g/mol. The largest absolute Gasteiger partial charge is 0.457 e. The van der Waals surface area contributed by atoms with E-state index in [4.69, 9.17) is 4.74 Å². The van der Waals surface area contributed by atoms with E-state index in [9.17, 15) is 0 Å². The molecule has 0 aromatic heterocycles. The zero-order valence-electron chi connectivity index (χ0n) is 14.6. The highest BCUT2D eigenvalue weighted by Gasteiger charge is 2.23. The van der Waals surface area contributed by atoms with Gasteiger partial charge >= 0.3 is 0 Å². The summed E-state index contributed by atoms with van der Waals surface area (Å²) in [6, 6.07) is 12.4. The first-order valence-corrected chi connectivity index (χ1v) is 9.35. The first kappa shape index (κ1) is 18.5. The Morgan fingerprint density at radius 3 is 1.30 bits per heavy atom. The van der Waals surface area contributed by atoms with E-state index in [1.165, 1.54) is 11.1 Å². The second kappa shape index (κ2) is 6.60. The molecule has 0 bridgehead atoms. The van der Waals surface area contributed by atoms with E-state index in [0.717, 1.165) is 20.4 Å². The summed E-state index contributed by atoms with van der Waals surface area (Å²) in [7, 11) is 0. The minimum Gasteiger partial charge on any atom is -0.457 e. The van der Waals surface area contributed by atoms with Crippen LogP contribution in [0, 0.1) is 0 Å². The van der Waals surface area contributed by atoms with E-state index >= 15 is 0 Å². The molecule has 0 radical (unpaired) electrons. The third-order valence-corrected chi connectivity index (χ3v) is 4.71. The van der Waals surface area contributed by atoms with Crippen LogP contribution in [0.5, 0.6) is 11.5 Å². The van der Waals surface area contributed by atoms with Gasteiger partial charge in [0.15, 0.2) is 0 Å². The van der Waals surface area contributed by atoms with Crippen LogP contribution in [0.2, 0.25) is 0 Å². The number of rotatable bonds is 2. The number of ether oxygens (including phenoxy) is 1. The molecule has 2 aromatic rings. The Balaban J connectivity index is 2.53. The van der Waals surface area contributed by atoms with Crippen LogP contribution in [0.1, 0.15) is 52.7 Å². The number of hydrogen-bond acceptors (Lipinski definition) is 1. The standard InChI is InChI=1S/C20H24Br2O/c1-19(2,3)15-11-13(21)7-9-17(15)23-18-10-8-14(22)12-16(18)20(4,5)6/h7-12H,1-6H3. The van der Waals surface area contributed by atoms with Crippen LogP contribution in [0.3, 0.4) is 0 Å². The van der Waals surface area contributed by atoms with Crippen LogP contribution < -0.4 is 4.74 Å². The second-order valence-electron chi connectivity index (χ2n) is 7.88. The molecule has 0 aliphatic heterocycles. The van der Waals surface area contributed by atoms with Gasteiger partial charge in [0.2, 0.25) is 0 Å². The van der Waals surface area contributed by atoms with Gasteiger partial charge in [-0.25, -0.2) is 0 Å². The molecular formula is C20H24Br2O. The molecule has 124 valence electrons. The van der Waals surface area contributed by atoms with Crippen molar-refractivity contribution in [2.45, 2.75) is 52.4 Å². The summed E-state index contributed by atoms with van der Waals surface area (Å²) in [4.78, 5) is 0. The van der Waals surface area contributed by atoms with E-state index in [2.05, 4.69) is 85.5 Å². The lowest BCUT2D eigenvalue weighted by molar-refractivity contribution is 0.436. The quantitative estimate of drug-likeness (QED) is 0.467. The maximum atomic E-state index is 6.36. The van der Waals surface area contributed by atoms with E-state index in [1.54, 1.807) is 0 Å². The molecule has 0 heterocycles. The lowest BCUT2D eigenvalue weighted by atomic mass is 9.85. The fraction of sp³-hybridized carbons (Fsp3) is 0.400. The highest BCUT2D eigenvalue weighted by atomic mass is 79.9. The Labute approximate surface area is 156 Å². The van der Waals surface area contributed by atoms with Crippen molar-refractivity contribution in [2.75, 3.05) is 0 Å². The normalized spacial score (nSPS) is 12.3. The molecule has 0 saturated carbocycles. The minimum absolute atomic E-state index is 0.0103. The minimum atomic E-state index is 0.0103. The van der Waals surface area contributed by atoms with Crippen molar-refractivity contribution >= 4 is 31.9 Å². The molecule has 2 aromatic carbocycles. The van der Waals surface area contributed by atoms with Gasteiger partial charge in [0.05, 0.1) is 0 Å². The van der Waals surface area contributed by atoms with Gasteiger partial charge in [-0.3, -0.25) is 0 Å².